The Balaban J connectivity index is 1.62. The summed E-state index contributed by atoms with van der Waals surface area (Å²) in [6.07, 6.45) is 6.18. The number of esters is 1. The van der Waals surface area contributed by atoms with Crippen LogP contribution in [0.15, 0.2) is 24.4 Å². The molecule has 2 aromatic rings. The second-order valence-corrected chi connectivity index (χ2v) is 7.49. The van der Waals surface area contributed by atoms with Crippen molar-refractivity contribution >= 4 is 40.5 Å². The van der Waals surface area contributed by atoms with E-state index in [0.29, 0.717) is 10.6 Å². The number of halogens is 1. The van der Waals surface area contributed by atoms with Crippen LogP contribution in [-0.2, 0) is 22.4 Å². The Bertz CT molecular complexity index is 767. The van der Waals surface area contributed by atoms with Gasteiger partial charge in [0.05, 0.1) is 5.69 Å². The number of nitrogens with one attached hydrogen (secondary N) is 1. The first-order valence-electron chi connectivity index (χ1n) is 8.28. The average Bonchev–Trinajstić information content (AvgIpc) is 2.88. The van der Waals surface area contributed by atoms with Crippen molar-refractivity contribution in [2.45, 2.75) is 45.1 Å². The molecule has 1 atom stereocenters. The SMILES string of the molecule is C[C@@H](OC(=O)c1cc2c(s1)CCCCC2)C(=O)Nc1cccnc1Cl. The average molecular weight is 379 g/mol. The van der Waals surface area contributed by atoms with Gasteiger partial charge in [0.1, 0.15) is 4.88 Å². The predicted octanol–water partition coefficient (Wildman–Crippen LogP) is 4.25. The first-order chi connectivity index (χ1) is 12.0. The number of carbonyl (C=O) groups excluding carboxylic acids is 2. The van der Waals surface area contributed by atoms with E-state index in [1.807, 2.05) is 6.07 Å². The number of thiophene rings is 1. The number of fused-ring (bicyclic) bond motifs is 1. The molecule has 0 bridgehead atoms. The van der Waals surface area contributed by atoms with Crippen LogP contribution in [0.3, 0.4) is 0 Å². The minimum absolute atomic E-state index is 0.191. The molecular formula is C18H19ClN2O3S. The molecule has 0 fully saturated rings. The lowest BCUT2D eigenvalue weighted by Crippen LogP contribution is -2.30. The van der Waals surface area contributed by atoms with Crippen LogP contribution in [0.1, 0.15) is 46.3 Å². The summed E-state index contributed by atoms with van der Waals surface area (Å²) < 4.78 is 5.32. The molecule has 2 aromatic heterocycles. The van der Waals surface area contributed by atoms with Gasteiger partial charge in [-0.05, 0) is 56.4 Å². The molecule has 0 unspecified atom stereocenters. The highest BCUT2D eigenvalue weighted by Crippen LogP contribution is 2.29. The van der Waals surface area contributed by atoms with E-state index in [4.69, 9.17) is 16.3 Å². The van der Waals surface area contributed by atoms with E-state index in [0.717, 1.165) is 25.7 Å². The van der Waals surface area contributed by atoms with Crippen molar-refractivity contribution < 1.29 is 14.3 Å². The number of carbonyl (C=O) groups is 2. The second-order valence-electron chi connectivity index (χ2n) is 6.00. The highest BCUT2D eigenvalue weighted by molar-refractivity contribution is 7.14. The maximum absolute atomic E-state index is 12.4. The molecule has 2 heterocycles. The van der Waals surface area contributed by atoms with Gasteiger partial charge in [-0.2, -0.15) is 0 Å². The number of anilines is 1. The van der Waals surface area contributed by atoms with Gasteiger partial charge in [-0.3, -0.25) is 4.79 Å². The van der Waals surface area contributed by atoms with Gasteiger partial charge >= 0.3 is 5.97 Å². The molecule has 0 aromatic carbocycles. The Labute approximate surface area is 155 Å². The van der Waals surface area contributed by atoms with Gasteiger partial charge in [0.2, 0.25) is 0 Å². The lowest BCUT2D eigenvalue weighted by molar-refractivity contribution is -0.123. The number of pyridine rings is 1. The summed E-state index contributed by atoms with van der Waals surface area (Å²) >= 11 is 7.39. The molecule has 7 heteroatoms. The smallest absolute Gasteiger partial charge is 0.349 e. The van der Waals surface area contributed by atoms with E-state index in [-0.39, 0.29) is 5.15 Å². The van der Waals surface area contributed by atoms with Crippen LogP contribution < -0.4 is 5.32 Å². The first kappa shape index (κ1) is 17.9. The molecule has 0 aliphatic heterocycles. The van der Waals surface area contributed by atoms with Gasteiger partial charge in [-0.15, -0.1) is 11.3 Å². The van der Waals surface area contributed by atoms with Crippen molar-refractivity contribution in [2.75, 3.05) is 5.32 Å². The van der Waals surface area contributed by atoms with Crippen molar-refractivity contribution in [1.29, 1.82) is 0 Å². The number of aryl methyl sites for hydroxylation is 2. The fourth-order valence-electron chi connectivity index (χ4n) is 2.75. The van der Waals surface area contributed by atoms with Gasteiger partial charge in [-0.25, -0.2) is 9.78 Å². The molecular weight excluding hydrogens is 360 g/mol. The Morgan fingerprint density at radius 1 is 1.32 bits per heavy atom. The van der Waals surface area contributed by atoms with Crippen LogP contribution >= 0.6 is 22.9 Å². The zero-order valence-corrected chi connectivity index (χ0v) is 15.5. The van der Waals surface area contributed by atoms with Gasteiger partial charge in [0, 0.05) is 11.1 Å². The van der Waals surface area contributed by atoms with Crippen LogP contribution in [0.2, 0.25) is 5.15 Å². The monoisotopic (exact) mass is 378 g/mol. The summed E-state index contributed by atoms with van der Waals surface area (Å²) in [5.74, 6) is -0.903. The van der Waals surface area contributed by atoms with Crippen LogP contribution in [0.25, 0.3) is 0 Å². The van der Waals surface area contributed by atoms with E-state index in [1.165, 1.54) is 41.3 Å². The lowest BCUT2D eigenvalue weighted by Gasteiger charge is -2.13. The molecule has 1 aliphatic carbocycles. The third-order valence-electron chi connectivity index (χ3n) is 4.12. The molecule has 25 heavy (non-hydrogen) atoms. The zero-order valence-electron chi connectivity index (χ0n) is 13.9. The Morgan fingerprint density at radius 2 is 2.12 bits per heavy atom. The fraction of sp³-hybridized carbons (Fsp3) is 0.389. The van der Waals surface area contributed by atoms with Crippen molar-refractivity contribution in [2.24, 2.45) is 0 Å². The molecule has 1 aliphatic rings. The van der Waals surface area contributed by atoms with E-state index >= 15 is 0 Å². The number of rotatable bonds is 4. The van der Waals surface area contributed by atoms with E-state index in [9.17, 15) is 9.59 Å². The highest BCUT2D eigenvalue weighted by Gasteiger charge is 2.23. The van der Waals surface area contributed by atoms with Gasteiger partial charge in [0.15, 0.2) is 11.3 Å². The van der Waals surface area contributed by atoms with Crippen molar-refractivity contribution in [3.8, 4) is 0 Å². The summed E-state index contributed by atoms with van der Waals surface area (Å²) in [4.78, 5) is 30.3. The third-order valence-corrected chi connectivity index (χ3v) is 5.64. The van der Waals surface area contributed by atoms with Crippen LogP contribution in [-0.4, -0.2) is 23.0 Å². The van der Waals surface area contributed by atoms with E-state index < -0.39 is 18.0 Å². The maximum atomic E-state index is 12.4. The van der Waals surface area contributed by atoms with E-state index in [2.05, 4.69) is 10.3 Å². The van der Waals surface area contributed by atoms with Crippen LogP contribution in [0.4, 0.5) is 5.69 Å². The first-order valence-corrected chi connectivity index (χ1v) is 9.48. The molecule has 132 valence electrons. The number of nitrogens with zero attached hydrogens (tertiary/aromatic N) is 1. The zero-order chi connectivity index (χ0) is 17.8. The number of aromatic nitrogens is 1. The van der Waals surface area contributed by atoms with Gasteiger partial charge < -0.3 is 10.1 Å². The standard InChI is InChI=1S/C18H19ClN2O3S/c1-11(17(22)21-13-7-5-9-20-16(13)19)24-18(23)15-10-12-6-3-2-4-8-14(12)25-15/h5,7,9-11H,2-4,6,8H2,1H3,(H,21,22)/t11-/m1/s1. The quantitative estimate of drug-likeness (QED) is 0.490. The molecule has 0 spiro atoms. The van der Waals surface area contributed by atoms with E-state index in [1.54, 1.807) is 12.1 Å². The molecule has 0 radical (unpaired) electrons. The fourth-order valence-corrected chi connectivity index (χ4v) is 4.06. The third kappa shape index (κ3) is 4.38. The Morgan fingerprint density at radius 3 is 2.92 bits per heavy atom. The topological polar surface area (TPSA) is 68.3 Å². The largest absolute Gasteiger partial charge is 0.448 e. The van der Waals surface area contributed by atoms with Crippen molar-refractivity contribution in [3.05, 3.63) is 44.9 Å². The van der Waals surface area contributed by atoms with Gasteiger partial charge in [-0.1, -0.05) is 18.0 Å². The Kier molecular flexibility index (Phi) is 5.71. The van der Waals surface area contributed by atoms with Crippen molar-refractivity contribution in [3.63, 3.8) is 0 Å². The summed E-state index contributed by atoms with van der Waals surface area (Å²) in [7, 11) is 0. The van der Waals surface area contributed by atoms with Crippen molar-refractivity contribution in [1.82, 2.24) is 4.98 Å². The summed E-state index contributed by atoms with van der Waals surface area (Å²) in [6, 6.07) is 5.21. The summed E-state index contributed by atoms with van der Waals surface area (Å²) in [5.41, 5.74) is 1.63. The normalized spacial score (nSPS) is 15.0. The summed E-state index contributed by atoms with van der Waals surface area (Å²) in [5, 5.41) is 2.81. The molecule has 0 saturated heterocycles. The molecule has 0 saturated carbocycles. The molecule has 1 amide bonds. The highest BCUT2D eigenvalue weighted by atomic mass is 35.5. The minimum Gasteiger partial charge on any atom is -0.448 e. The predicted molar refractivity (Wildman–Crippen MR) is 98.3 cm³/mol. The minimum atomic E-state index is -0.925. The lowest BCUT2D eigenvalue weighted by atomic mass is 10.1. The molecule has 3 rings (SSSR count). The molecule has 5 nitrogen and oxygen atoms in total. The van der Waals surface area contributed by atoms with Crippen LogP contribution in [0, 0.1) is 0 Å². The number of hydrogen-bond acceptors (Lipinski definition) is 5. The van der Waals surface area contributed by atoms with Crippen LogP contribution in [0.5, 0.6) is 0 Å². The van der Waals surface area contributed by atoms with Gasteiger partial charge in [0.25, 0.3) is 5.91 Å². The molecule has 1 N–H and O–H groups in total. The summed E-state index contributed by atoms with van der Waals surface area (Å²) in [6.45, 7) is 1.54. The number of amides is 1. The maximum Gasteiger partial charge on any atom is 0.349 e. The Hall–Kier alpha value is -1.92. The number of ether oxygens (including phenoxy) is 1. The number of hydrogen-bond donors (Lipinski definition) is 1. The second kappa shape index (κ2) is 7.97.